The molecule has 0 bridgehead atoms. The van der Waals surface area contributed by atoms with E-state index in [1.807, 2.05) is 49.4 Å². The molecule has 0 aliphatic carbocycles. The van der Waals surface area contributed by atoms with Crippen molar-refractivity contribution in [3.05, 3.63) is 129 Å². The van der Waals surface area contributed by atoms with Gasteiger partial charge in [0, 0.05) is 24.2 Å². The summed E-state index contributed by atoms with van der Waals surface area (Å²) in [5, 5.41) is 0. The molecule has 2 aromatic heterocycles. The number of Topliss-reactive ketones (excluding diaryl/α,β-unsaturated/α-hetero) is 2. The van der Waals surface area contributed by atoms with Crippen molar-refractivity contribution in [3.63, 3.8) is 0 Å². The van der Waals surface area contributed by atoms with Crippen molar-refractivity contribution in [3.8, 4) is 0 Å². The summed E-state index contributed by atoms with van der Waals surface area (Å²) in [6.07, 6.45) is 5.04. The van der Waals surface area contributed by atoms with Crippen molar-refractivity contribution in [1.29, 1.82) is 0 Å². The zero-order valence-electron chi connectivity index (χ0n) is 18.3. The first kappa shape index (κ1) is 22.0. The van der Waals surface area contributed by atoms with E-state index in [0.29, 0.717) is 12.0 Å². The molecule has 6 heteroatoms. The predicted octanol–water partition coefficient (Wildman–Crippen LogP) is 4.04. The maximum absolute atomic E-state index is 13.1. The van der Waals surface area contributed by atoms with Crippen molar-refractivity contribution >= 4 is 11.6 Å². The van der Waals surface area contributed by atoms with Crippen molar-refractivity contribution in [1.82, 2.24) is 14.5 Å². The molecule has 0 N–H and O–H groups in total. The first-order chi connectivity index (χ1) is 16.0. The van der Waals surface area contributed by atoms with E-state index in [2.05, 4.69) is 9.97 Å². The highest BCUT2D eigenvalue weighted by Gasteiger charge is 2.17. The summed E-state index contributed by atoms with van der Waals surface area (Å²) in [6.45, 7) is 2.16. The van der Waals surface area contributed by atoms with Crippen LogP contribution in [-0.4, -0.2) is 26.1 Å². The number of aryl methyl sites for hydroxylation is 1. The highest BCUT2D eigenvalue weighted by Crippen LogP contribution is 2.18. The quantitative estimate of drug-likeness (QED) is 0.307. The Kier molecular flexibility index (Phi) is 6.64. The average Bonchev–Trinajstić information content (AvgIpc) is 2.81. The van der Waals surface area contributed by atoms with Crippen LogP contribution in [0.15, 0.2) is 90.1 Å². The summed E-state index contributed by atoms with van der Waals surface area (Å²) in [5.74, 6) is -0.597. The number of carbonyl (C=O) groups is 2. The van der Waals surface area contributed by atoms with Crippen molar-refractivity contribution in [2.24, 2.45) is 0 Å². The lowest BCUT2D eigenvalue weighted by molar-refractivity contribution is 0.0891. The Morgan fingerprint density at radius 3 is 2.36 bits per heavy atom. The van der Waals surface area contributed by atoms with E-state index in [9.17, 15) is 14.4 Å². The Labute approximate surface area is 191 Å². The fraction of sp³-hybridized carbons (Fsp3) is 0.148. The van der Waals surface area contributed by atoms with E-state index in [1.54, 1.807) is 36.7 Å². The lowest BCUT2D eigenvalue weighted by Gasteiger charge is -2.11. The van der Waals surface area contributed by atoms with Crippen LogP contribution in [0.5, 0.6) is 0 Å². The lowest BCUT2D eigenvalue weighted by Crippen LogP contribution is -2.22. The second-order valence-electron chi connectivity index (χ2n) is 7.97. The van der Waals surface area contributed by atoms with Crippen LogP contribution in [0.3, 0.4) is 0 Å². The van der Waals surface area contributed by atoms with Gasteiger partial charge in [-0.2, -0.15) is 0 Å². The van der Waals surface area contributed by atoms with Gasteiger partial charge in [-0.15, -0.1) is 0 Å². The fourth-order valence-corrected chi connectivity index (χ4v) is 3.68. The third-order valence-corrected chi connectivity index (χ3v) is 5.28. The van der Waals surface area contributed by atoms with Gasteiger partial charge in [0.25, 0.3) is 0 Å². The lowest BCUT2D eigenvalue weighted by atomic mass is 9.96. The summed E-state index contributed by atoms with van der Waals surface area (Å²) in [6, 6.07) is 20.6. The van der Waals surface area contributed by atoms with E-state index in [4.69, 9.17) is 0 Å². The monoisotopic (exact) mass is 437 g/mol. The maximum atomic E-state index is 13.1. The minimum atomic E-state index is -0.362. The molecule has 0 aliphatic heterocycles. The average molecular weight is 437 g/mol. The number of rotatable bonds is 8. The number of hydrogen-bond donors (Lipinski definition) is 0. The molecule has 0 saturated carbocycles. The first-order valence-corrected chi connectivity index (χ1v) is 10.7. The highest BCUT2D eigenvalue weighted by molar-refractivity contribution is 6.13. The zero-order chi connectivity index (χ0) is 23.2. The molecule has 0 radical (unpaired) electrons. The molecule has 0 unspecified atom stereocenters. The number of benzene rings is 2. The Morgan fingerprint density at radius 1 is 0.818 bits per heavy atom. The summed E-state index contributed by atoms with van der Waals surface area (Å²) >= 11 is 0. The Bertz CT molecular complexity index is 1360. The predicted molar refractivity (Wildman–Crippen MR) is 126 cm³/mol. The smallest absolute Gasteiger partial charge is 0.295 e. The van der Waals surface area contributed by atoms with Crippen LogP contribution in [-0.2, 0) is 13.0 Å². The number of carbonyl (C=O) groups excluding carboxylic acids is 2. The van der Waals surface area contributed by atoms with Crippen LogP contribution in [0.4, 0.5) is 0 Å². The topological polar surface area (TPSA) is 81.9 Å². The molecule has 4 rings (SSSR count). The second-order valence-corrected chi connectivity index (χ2v) is 7.97. The normalized spacial score (nSPS) is 10.7. The third kappa shape index (κ3) is 5.74. The van der Waals surface area contributed by atoms with Crippen LogP contribution in [0.25, 0.3) is 0 Å². The molecule has 0 spiro atoms. The van der Waals surface area contributed by atoms with Crippen LogP contribution >= 0.6 is 0 Å². The van der Waals surface area contributed by atoms with Gasteiger partial charge in [0.15, 0.2) is 11.6 Å². The van der Waals surface area contributed by atoms with E-state index < -0.39 is 0 Å². The van der Waals surface area contributed by atoms with Gasteiger partial charge in [0.2, 0.25) is 0 Å². The summed E-state index contributed by atoms with van der Waals surface area (Å²) in [7, 11) is 0. The van der Waals surface area contributed by atoms with Crippen molar-refractivity contribution < 1.29 is 9.59 Å². The summed E-state index contributed by atoms with van der Waals surface area (Å²) in [4.78, 5) is 45.7. The molecule has 164 valence electrons. The molecule has 0 fully saturated rings. The largest absolute Gasteiger partial charge is 0.347 e. The SMILES string of the molecule is Cc1ccnc(C(=[16O])CC(=[16O])c2cc(Cc3ccccc3)cc(Cn3cccnc3=O)c2)c1. The van der Waals surface area contributed by atoms with Crippen molar-refractivity contribution in [2.45, 2.75) is 26.3 Å². The van der Waals surface area contributed by atoms with Gasteiger partial charge in [-0.3, -0.25) is 19.1 Å². The number of pyridine rings is 1. The molecule has 0 atom stereocenters. The van der Waals surface area contributed by atoms with Gasteiger partial charge >= 0.3 is 5.69 Å². The maximum Gasteiger partial charge on any atom is 0.347 e. The molecular weight excluding hydrogens is 414 g/mol. The molecule has 6 nitrogen and oxygen atoms in total. The third-order valence-electron chi connectivity index (χ3n) is 5.28. The van der Waals surface area contributed by atoms with Crippen LogP contribution in [0, 0.1) is 6.92 Å². The van der Waals surface area contributed by atoms with Crippen LogP contribution in [0.2, 0.25) is 0 Å². The molecular formula is C27H23N3O3. The Balaban J connectivity index is 1.64. The Hall–Kier alpha value is -4.19. The number of ketones is 2. The molecule has 2 aromatic carbocycles. The van der Waals surface area contributed by atoms with E-state index in [1.165, 1.54) is 10.8 Å². The van der Waals surface area contributed by atoms with Gasteiger partial charge in [0.05, 0.1) is 13.0 Å². The van der Waals surface area contributed by atoms with Crippen LogP contribution in [0.1, 0.15) is 49.5 Å². The number of nitrogens with zero attached hydrogens (tertiary/aromatic N) is 3. The standard InChI is InChI=1S/C27H23N3O3/c1-19-8-10-28-24(12-19)26(32)17-25(31)23-15-21(13-20-6-3-2-4-7-20)14-22(16-23)18-30-11-5-9-29-27(30)33/h2-12,14-16H,13,17-18H2,1H3/i31+0,32+0. The Morgan fingerprint density at radius 2 is 1.61 bits per heavy atom. The highest BCUT2D eigenvalue weighted by atomic mass is 16.1. The van der Waals surface area contributed by atoms with E-state index >= 15 is 0 Å². The number of hydrogen-bond acceptors (Lipinski definition) is 5. The first-order valence-electron chi connectivity index (χ1n) is 10.7. The van der Waals surface area contributed by atoms with Gasteiger partial charge in [-0.1, -0.05) is 36.4 Å². The van der Waals surface area contributed by atoms with Crippen molar-refractivity contribution in [2.75, 3.05) is 0 Å². The minimum absolute atomic E-state index is 0.266. The van der Waals surface area contributed by atoms with Gasteiger partial charge < -0.3 is 0 Å². The molecule has 2 heterocycles. The molecule has 0 saturated heterocycles. The molecule has 0 amide bonds. The minimum Gasteiger partial charge on any atom is -0.295 e. The van der Waals surface area contributed by atoms with Gasteiger partial charge in [-0.25, -0.2) is 9.78 Å². The number of aromatic nitrogens is 3. The van der Waals surface area contributed by atoms with E-state index in [0.717, 1.165) is 22.3 Å². The van der Waals surface area contributed by atoms with Gasteiger partial charge in [-0.05, 0) is 65.9 Å². The molecule has 0 aliphatic rings. The second kappa shape index (κ2) is 9.96. The summed E-state index contributed by atoms with van der Waals surface area (Å²) < 4.78 is 1.48. The molecule has 4 aromatic rings. The van der Waals surface area contributed by atoms with Gasteiger partial charge in [0.1, 0.15) is 5.69 Å². The van der Waals surface area contributed by atoms with Crippen LogP contribution < -0.4 is 5.69 Å². The molecule has 33 heavy (non-hydrogen) atoms. The zero-order valence-corrected chi connectivity index (χ0v) is 18.3. The summed E-state index contributed by atoms with van der Waals surface area (Å²) in [5.41, 5.74) is 4.10. The fourth-order valence-electron chi connectivity index (χ4n) is 3.68. The van der Waals surface area contributed by atoms with E-state index in [-0.39, 0.29) is 35.9 Å².